The zero-order valence-corrected chi connectivity index (χ0v) is 10.5. The van der Waals surface area contributed by atoms with Gasteiger partial charge in [0, 0.05) is 31.7 Å². The Hall–Kier alpha value is -1.97. The van der Waals surface area contributed by atoms with Crippen LogP contribution in [-0.2, 0) is 0 Å². The van der Waals surface area contributed by atoms with Crippen LogP contribution in [0.3, 0.4) is 0 Å². The maximum Gasteiger partial charge on any atom is 0.200 e. The van der Waals surface area contributed by atoms with Crippen LogP contribution in [0.2, 0.25) is 0 Å². The van der Waals surface area contributed by atoms with E-state index < -0.39 is 5.75 Å². The van der Waals surface area contributed by atoms with Crippen LogP contribution in [-0.4, -0.2) is 46.4 Å². The minimum absolute atomic E-state index is 0.220. The fourth-order valence-electron chi connectivity index (χ4n) is 2.37. The van der Waals surface area contributed by atoms with Crippen molar-refractivity contribution in [1.29, 1.82) is 5.26 Å². The minimum atomic E-state index is -0.532. The lowest BCUT2D eigenvalue weighted by molar-refractivity contribution is 0.172. The lowest BCUT2D eigenvalue weighted by Crippen LogP contribution is -2.45. The van der Waals surface area contributed by atoms with E-state index in [2.05, 4.69) is 16.3 Å². The lowest BCUT2D eigenvalue weighted by Gasteiger charge is -2.34. The number of nitrogens with one attached hydrogen (secondary N) is 1. The summed E-state index contributed by atoms with van der Waals surface area (Å²) in [5, 5.41) is 41.1. The van der Waals surface area contributed by atoms with Crippen LogP contribution in [0.5, 0.6) is 17.2 Å². The summed E-state index contributed by atoms with van der Waals surface area (Å²) in [4.78, 5) is 2.09. The van der Waals surface area contributed by atoms with Gasteiger partial charge in [0.05, 0.1) is 18.5 Å². The molecule has 0 bridgehead atoms. The Balaban J connectivity index is 2.33. The molecular formula is C13H17N3O3. The molecule has 1 atom stereocenters. The van der Waals surface area contributed by atoms with E-state index in [4.69, 9.17) is 5.26 Å². The Morgan fingerprint density at radius 2 is 1.89 bits per heavy atom. The van der Waals surface area contributed by atoms with Gasteiger partial charge in [-0.1, -0.05) is 0 Å². The summed E-state index contributed by atoms with van der Waals surface area (Å²) >= 11 is 0. The van der Waals surface area contributed by atoms with Crippen molar-refractivity contribution >= 4 is 0 Å². The third-order valence-electron chi connectivity index (χ3n) is 3.40. The monoisotopic (exact) mass is 263 g/mol. The third-order valence-corrected chi connectivity index (χ3v) is 3.40. The summed E-state index contributed by atoms with van der Waals surface area (Å²) in [5.41, 5.74) is 0.471. The highest BCUT2D eigenvalue weighted by Crippen LogP contribution is 2.42. The molecule has 1 aliphatic heterocycles. The van der Waals surface area contributed by atoms with Gasteiger partial charge in [0.25, 0.3) is 0 Å². The molecule has 6 heteroatoms. The van der Waals surface area contributed by atoms with Crippen molar-refractivity contribution in [1.82, 2.24) is 10.2 Å². The first-order valence-electron chi connectivity index (χ1n) is 6.20. The largest absolute Gasteiger partial charge is 0.504 e. The molecule has 1 heterocycles. The molecule has 1 fully saturated rings. The Labute approximate surface area is 111 Å². The first kappa shape index (κ1) is 13.5. The molecule has 6 nitrogen and oxygen atoms in total. The second-order valence-electron chi connectivity index (χ2n) is 4.54. The third kappa shape index (κ3) is 2.72. The Morgan fingerprint density at radius 3 is 2.53 bits per heavy atom. The highest BCUT2D eigenvalue weighted by atomic mass is 16.3. The van der Waals surface area contributed by atoms with Crippen molar-refractivity contribution in [3.05, 3.63) is 17.7 Å². The van der Waals surface area contributed by atoms with E-state index in [0.717, 1.165) is 26.2 Å². The van der Waals surface area contributed by atoms with E-state index in [1.807, 2.05) is 0 Å². The topological polar surface area (TPSA) is 99.8 Å². The zero-order chi connectivity index (χ0) is 13.8. The summed E-state index contributed by atoms with van der Waals surface area (Å²) in [6, 6.07) is 4.71. The number of aromatic hydroxyl groups is 3. The molecule has 0 radical (unpaired) electrons. The summed E-state index contributed by atoms with van der Waals surface area (Å²) in [6.07, 6.45) is 0.220. The van der Waals surface area contributed by atoms with E-state index in [0.29, 0.717) is 5.56 Å². The van der Waals surface area contributed by atoms with Gasteiger partial charge in [0.15, 0.2) is 11.5 Å². The van der Waals surface area contributed by atoms with Gasteiger partial charge in [-0.2, -0.15) is 5.26 Å². The SMILES string of the molecule is N#CC[C@H](c1ccc(O)c(O)c1O)N1CCNCC1. The maximum absolute atomic E-state index is 9.94. The minimum Gasteiger partial charge on any atom is -0.504 e. The Morgan fingerprint density at radius 1 is 1.21 bits per heavy atom. The maximum atomic E-state index is 9.94. The molecule has 1 aromatic carbocycles. The van der Waals surface area contributed by atoms with Crippen molar-refractivity contribution in [3.63, 3.8) is 0 Å². The average Bonchev–Trinajstić information content (AvgIpc) is 2.44. The van der Waals surface area contributed by atoms with E-state index >= 15 is 0 Å². The predicted molar refractivity (Wildman–Crippen MR) is 68.9 cm³/mol. The normalized spacial score (nSPS) is 17.8. The van der Waals surface area contributed by atoms with E-state index in [1.165, 1.54) is 6.07 Å². The van der Waals surface area contributed by atoms with E-state index in [-0.39, 0.29) is 24.0 Å². The van der Waals surface area contributed by atoms with Crippen LogP contribution in [0.25, 0.3) is 0 Å². The van der Waals surface area contributed by atoms with Crippen LogP contribution < -0.4 is 5.32 Å². The molecule has 102 valence electrons. The predicted octanol–water partition coefficient (Wildman–Crippen LogP) is 0.663. The van der Waals surface area contributed by atoms with Gasteiger partial charge < -0.3 is 20.6 Å². The van der Waals surface area contributed by atoms with Crippen molar-refractivity contribution in [3.8, 4) is 23.3 Å². The van der Waals surface area contributed by atoms with Crippen LogP contribution >= 0.6 is 0 Å². The molecule has 0 aliphatic carbocycles. The molecule has 1 aliphatic rings. The fraction of sp³-hybridized carbons (Fsp3) is 0.462. The van der Waals surface area contributed by atoms with Gasteiger partial charge in [-0.3, -0.25) is 4.90 Å². The second-order valence-corrected chi connectivity index (χ2v) is 4.54. The van der Waals surface area contributed by atoms with Crippen molar-refractivity contribution < 1.29 is 15.3 Å². The fourth-order valence-corrected chi connectivity index (χ4v) is 2.37. The highest BCUT2D eigenvalue weighted by Gasteiger charge is 2.26. The van der Waals surface area contributed by atoms with Gasteiger partial charge in [0.1, 0.15) is 0 Å². The number of hydrogen-bond acceptors (Lipinski definition) is 6. The Bertz CT molecular complexity index is 493. The van der Waals surface area contributed by atoms with Crippen LogP contribution in [0.1, 0.15) is 18.0 Å². The van der Waals surface area contributed by atoms with Gasteiger partial charge in [-0.25, -0.2) is 0 Å². The number of rotatable bonds is 3. The van der Waals surface area contributed by atoms with Crippen molar-refractivity contribution in [2.75, 3.05) is 26.2 Å². The summed E-state index contributed by atoms with van der Waals surface area (Å²) < 4.78 is 0. The quantitative estimate of drug-likeness (QED) is 0.598. The number of nitriles is 1. The van der Waals surface area contributed by atoms with Gasteiger partial charge in [-0.15, -0.1) is 0 Å². The van der Waals surface area contributed by atoms with Crippen molar-refractivity contribution in [2.45, 2.75) is 12.5 Å². The van der Waals surface area contributed by atoms with E-state index in [1.54, 1.807) is 6.07 Å². The number of phenols is 3. The molecule has 0 amide bonds. The molecule has 0 spiro atoms. The number of hydrogen-bond donors (Lipinski definition) is 4. The summed E-state index contributed by atoms with van der Waals surface area (Å²) in [7, 11) is 0. The molecular weight excluding hydrogens is 246 g/mol. The first-order chi connectivity index (χ1) is 9.15. The molecule has 0 unspecified atom stereocenters. The average molecular weight is 263 g/mol. The number of benzene rings is 1. The first-order valence-corrected chi connectivity index (χ1v) is 6.20. The molecule has 1 saturated heterocycles. The zero-order valence-electron chi connectivity index (χ0n) is 10.5. The molecule has 1 aromatic rings. The van der Waals surface area contributed by atoms with Gasteiger partial charge in [-0.05, 0) is 12.1 Å². The smallest absolute Gasteiger partial charge is 0.200 e. The number of phenolic OH excluding ortho intramolecular Hbond substituents is 3. The van der Waals surface area contributed by atoms with Crippen LogP contribution in [0.15, 0.2) is 12.1 Å². The number of piperazine rings is 1. The Kier molecular flexibility index (Phi) is 4.10. The van der Waals surface area contributed by atoms with Gasteiger partial charge >= 0.3 is 0 Å². The van der Waals surface area contributed by atoms with Crippen molar-refractivity contribution in [2.24, 2.45) is 0 Å². The number of nitrogens with zero attached hydrogens (tertiary/aromatic N) is 2. The molecule has 4 N–H and O–H groups in total. The van der Waals surface area contributed by atoms with Gasteiger partial charge in [0.2, 0.25) is 5.75 Å². The van der Waals surface area contributed by atoms with Crippen LogP contribution in [0, 0.1) is 11.3 Å². The summed E-state index contributed by atoms with van der Waals surface area (Å²) in [6.45, 7) is 3.19. The second kappa shape index (κ2) is 5.78. The molecule has 0 aromatic heterocycles. The van der Waals surface area contributed by atoms with E-state index in [9.17, 15) is 15.3 Å². The molecule has 0 saturated carbocycles. The summed E-state index contributed by atoms with van der Waals surface area (Å²) in [5.74, 6) is -1.24. The standard InChI is InChI=1S/C13H17N3O3/c14-4-3-10(16-7-5-15-6-8-16)9-1-2-11(17)13(19)12(9)18/h1-2,10,15,17-19H,3,5-8H2/t10-/m1/s1. The van der Waals surface area contributed by atoms with Crippen LogP contribution in [0.4, 0.5) is 0 Å². The lowest BCUT2D eigenvalue weighted by atomic mass is 10.00. The molecule has 19 heavy (non-hydrogen) atoms. The molecule has 2 rings (SSSR count). The highest BCUT2D eigenvalue weighted by molar-refractivity contribution is 5.54.